The van der Waals surface area contributed by atoms with E-state index in [0.717, 1.165) is 5.56 Å². The summed E-state index contributed by atoms with van der Waals surface area (Å²) in [6, 6.07) is 7.44. The lowest BCUT2D eigenvalue weighted by Gasteiger charge is -2.25. The zero-order chi connectivity index (χ0) is 10.8. The Labute approximate surface area is 92.5 Å². The lowest BCUT2D eigenvalue weighted by molar-refractivity contribution is -0.124. The number of benzene rings is 1. The fraction of sp³-hybridized carbons (Fsp3) is 0.273. The molecule has 0 spiro atoms. The molecular weight excluding hydrogens is 210 g/mol. The molecule has 1 fully saturated rings. The van der Waals surface area contributed by atoms with Crippen molar-refractivity contribution >= 4 is 29.3 Å². The largest absolute Gasteiger partial charge is 0.273 e. The van der Waals surface area contributed by atoms with Crippen molar-refractivity contribution in [2.75, 3.05) is 16.4 Å². The molecule has 2 rings (SSSR count). The summed E-state index contributed by atoms with van der Waals surface area (Å²) in [6.45, 7) is 1.90. The van der Waals surface area contributed by atoms with Crippen molar-refractivity contribution in [1.82, 2.24) is 0 Å². The molecule has 78 valence electrons. The van der Waals surface area contributed by atoms with E-state index < -0.39 is 0 Å². The summed E-state index contributed by atoms with van der Waals surface area (Å²) in [5, 5.41) is 0. The summed E-state index contributed by atoms with van der Waals surface area (Å²) >= 11 is 1.37. The number of aryl methyl sites for hydroxylation is 1. The summed E-state index contributed by atoms with van der Waals surface area (Å²) in [4.78, 5) is 24.6. The Morgan fingerprint density at radius 3 is 2.33 bits per heavy atom. The van der Waals surface area contributed by atoms with Crippen LogP contribution in [-0.2, 0) is 9.59 Å². The number of hydrogen-bond acceptors (Lipinski definition) is 3. The molecule has 0 bridgehead atoms. The number of anilines is 1. The van der Waals surface area contributed by atoms with Crippen molar-refractivity contribution in [1.29, 1.82) is 0 Å². The first-order valence-electron chi connectivity index (χ1n) is 4.69. The molecule has 1 saturated heterocycles. The number of nitrogens with zero attached hydrogens (tertiary/aromatic N) is 1. The van der Waals surface area contributed by atoms with Crippen LogP contribution in [0.25, 0.3) is 0 Å². The van der Waals surface area contributed by atoms with Gasteiger partial charge in [0, 0.05) is 0 Å². The molecule has 1 aliphatic rings. The maximum Gasteiger partial charge on any atom is 0.243 e. The topological polar surface area (TPSA) is 37.4 Å². The van der Waals surface area contributed by atoms with Crippen molar-refractivity contribution in [3.8, 4) is 0 Å². The Kier molecular flexibility index (Phi) is 2.77. The van der Waals surface area contributed by atoms with Crippen LogP contribution in [0.15, 0.2) is 24.3 Å². The fourth-order valence-corrected chi connectivity index (χ4v) is 2.29. The molecule has 0 atom stereocenters. The summed E-state index contributed by atoms with van der Waals surface area (Å²) < 4.78 is 0. The second-order valence-electron chi connectivity index (χ2n) is 3.40. The van der Waals surface area contributed by atoms with E-state index in [1.807, 2.05) is 25.1 Å². The Morgan fingerprint density at radius 2 is 1.73 bits per heavy atom. The highest BCUT2D eigenvalue weighted by molar-refractivity contribution is 8.00. The minimum absolute atomic E-state index is 0.120. The van der Waals surface area contributed by atoms with Gasteiger partial charge in [-0.05, 0) is 18.6 Å². The number of rotatable bonds is 1. The number of imide groups is 1. The molecule has 3 nitrogen and oxygen atoms in total. The van der Waals surface area contributed by atoms with E-state index in [-0.39, 0.29) is 11.8 Å². The highest BCUT2D eigenvalue weighted by Gasteiger charge is 2.28. The molecule has 0 N–H and O–H groups in total. The van der Waals surface area contributed by atoms with Crippen LogP contribution in [0.3, 0.4) is 0 Å². The Morgan fingerprint density at radius 1 is 1.13 bits per heavy atom. The van der Waals surface area contributed by atoms with Crippen LogP contribution in [0.4, 0.5) is 5.69 Å². The van der Waals surface area contributed by atoms with Gasteiger partial charge in [0.25, 0.3) is 0 Å². The van der Waals surface area contributed by atoms with E-state index in [0.29, 0.717) is 17.2 Å². The smallest absolute Gasteiger partial charge is 0.243 e. The van der Waals surface area contributed by atoms with Gasteiger partial charge < -0.3 is 0 Å². The number of hydrogen-bond donors (Lipinski definition) is 0. The van der Waals surface area contributed by atoms with Gasteiger partial charge in [0.05, 0.1) is 17.2 Å². The molecule has 1 aromatic carbocycles. The minimum atomic E-state index is -0.120. The SMILES string of the molecule is Cc1ccccc1N1C(=O)CSCC1=O. The quantitative estimate of drug-likeness (QED) is 0.676. The lowest BCUT2D eigenvalue weighted by atomic mass is 10.2. The second kappa shape index (κ2) is 4.06. The molecule has 2 amide bonds. The van der Waals surface area contributed by atoms with E-state index in [1.165, 1.54) is 16.7 Å². The number of amides is 2. The van der Waals surface area contributed by atoms with Gasteiger partial charge in [-0.2, -0.15) is 0 Å². The van der Waals surface area contributed by atoms with Crippen LogP contribution in [-0.4, -0.2) is 23.3 Å². The van der Waals surface area contributed by atoms with Crippen molar-refractivity contribution in [3.63, 3.8) is 0 Å². The molecule has 1 aromatic rings. The maximum absolute atomic E-state index is 11.6. The normalized spacial score (nSPS) is 17.0. The van der Waals surface area contributed by atoms with Crippen LogP contribution in [0.5, 0.6) is 0 Å². The lowest BCUT2D eigenvalue weighted by Crippen LogP contribution is -2.43. The molecule has 4 heteroatoms. The monoisotopic (exact) mass is 221 g/mol. The van der Waals surface area contributed by atoms with Crippen molar-refractivity contribution in [2.24, 2.45) is 0 Å². The van der Waals surface area contributed by atoms with E-state index in [9.17, 15) is 9.59 Å². The average molecular weight is 221 g/mol. The highest BCUT2D eigenvalue weighted by Crippen LogP contribution is 2.24. The van der Waals surface area contributed by atoms with Crippen LogP contribution in [0.2, 0.25) is 0 Å². The first kappa shape index (κ1) is 10.2. The van der Waals surface area contributed by atoms with Crippen LogP contribution >= 0.6 is 11.8 Å². The molecule has 0 aromatic heterocycles. The van der Waals surface area contributed by atoms with Crippen molar-refractivity contribution < 1.29 is 9.59 Å². The van der Waals surface area contributed by atoms with Gasteiger partial charge in [0.15, 0.2) is 0 Å². The van der Waals surface area contributed by atoms with Gasteiger partial charge in [-0.15, -0.1) is 11.8 Å². The fourth-order valence-electron chi connectivity index (χ4n) is 1.58. The molecule has 0 unspecified atom stereocenters. The molecular formula is C11H11NO2S. The van der Waals surface area contributed by atoms with E-state index in [4.69, 9.17) is 0 Å². The molecule has 0 aliphatic carbocycles. The maximum atomic E-state index is 11.6. The van der Waals surface area contributed by atoms with Gasteiger partial charge in [-0.25, -0.2) is 4.90 Å². The van der Waals surface area contributed by atoms with Gasteiger partial charge >= 0.3 is 0 Å². The molecule has 1 aliphatic heterocycles. The first-order valence-corrected chi connectivity index (χ1v) is 5.85. The van der Waals surface area contributed by atoms with Gasteiger partial charge in [0.2, 0.25) is 11.8 Å². The highest BCUT2D eigenvalue weighted by atomic mass is 32.2. The van der Waals surface area contributed by atoms with Crippen molar-refractivity contribution in [2.45, 2.75) is 6.92 Å². The standard InChI is InChI=1S/C11H11NO2S/c1-8-4-2-3-5-9(8)12-10(13)6-15-7-11(12)14/h2-5H,6-7H2,1H3. The number of para-hydroxylation sites is 1. The number of carbonyl (C=O) groups excluding carboxylic acids is 2. The average Bonchev–Trinajstić information content (AvgIpc) is 2.20. The van der Waals surface area contributed by atoms with Gasteiger partial charge in [-0.3, -0.25) is 9.59 Å². The third kappa shape index (κ3) is 1.90. The third-order valence-electron chi connectivity index (χ3n) is 2.31. The Bertz CT molecular complexity index is 401. The molecule has 0 saturated carbocycles. The second-order valence-corrected chi connectivity index (χ2v) is 4.39. The molecule has 15 heavy (non-hydrogen) atoms. The zero-order valence-electron chi connectivity index (χ0n) is 8.40. The molecule has 1 heterocycles. The van der Waals surface area contributed by atoms with Crippen LogP contribution in [0, 0.1) is 6.92 Å². The van der Waals surface area contributed by atoms with Crippen LogP contribution in [0.1, 0.15) is 5.56 Å². The van der Waals surface area contributed by atoms with Crippen molar-refractivity contribution in [3.05, 3.63) is 29.8 Å². The predicted octanol–water partition coefficient (Wildman–Crippen LogP) is 1.60. The molecule has 0 radical (unpaired) electrons. The van der Waals surface area contributed by atoms with E-state index in [1.54, 1.807) is 6.07 Å². The summed E-state index contributed by atoms with van der Waals surface area (Å²) in [7, 11) is 0. The minimum Gasteiger partial charge on any atom is -0.273 e. The number of carbonyl (C=O) groups is 2. The van der Waals surface area contributed by atoms with E-state index >= 15 is 0 Å². The van der Waals surface area contributed by atoms with Gasteiger partial charge in [0.1, 0.15) is 0 Å². The summed E-state index contributed by atoms with van der Waals surface area (Å²) in [6.07, 6.45) is 0. The third-order valence-corrected chi connectivity index (χ3v) is 3.21. The Hall–Kier alpha value is -1.29. The predicted molar refractivity (Wildman–Crippen MR) is 61.0 cm³/mol. The number of thioether (sulfide) groups is 1. The first-order chi connectivity index (χ1) is 7.20. The zero-order valence-corrected chi connectivity index (χ0v) is 9.21. The summed E-state index contributed by atoms with van der Waals surface area (Å²) in [5.74, 6) is 0.538. The van der Waals surface area contributed by atoms with E-state index in [2.05, 4.69) is 0 Å². The van der Waals surface area contributed by atoms with Gasteiger partial charge in [-0.1, -0.05) is 18.2 Å². The Balaban J connectivity index is 2.40. The summed E-state index contributed by atoms with van der Waals surface area (Å²) in [5.41, 5.74) is 1.67. The van der Waals surface area contributed by atoms with Crippen LogP contribution < -0.4 is 4.90 Å².